The Morgan fingerprint density at radius 1 is 1.38 bits per heavy atom. The summed E-state index contributed by atoms with van der Waals surface area (Å²) in [6.07, 6.45) is 5.25. The van der Waals surface area contributed by atoms with Crippen molar-refractivity contribution in [3.63, 3.8) is 0 Å². The van der Waals surface area contributed by atoms with Gasteiger partial charge in [0, 0.05) is 12.2 Å². The fraction of sp³-hybridized carbons (Fsp3) is 0.467. The van der Waals surface area contributed by atoms with Gasteiger partial charge in [-0.3, -0.25) is 9.78 Å². The van der Waals surface area contributed by atoms with Crippen molar-refractivity contribution in [3.05, 3.63) is 28.6 Å². The van der Waals surface area contributed by atoms with Crippen molar-refractivity contribution in [1.29, 1.82) is 0 Å². The number of nitrogen functional groups attached to an aromatic ring is 1. The average molecular weight is 288 g/mol. The van der Waals surface area contributed by atoms with E-state index < -0.39 is 0 Å². The van der Waals surface area contributed by atoms with E-state index in [1.165, 1.54) is 12.8 Å². The Balaban J connectivity index is 1.61. The lowest BCUT2D eigenvalue weighted by Crippen LogP contribution is -2.19. The van der Waals surface area contributed by atoms with Crippen molar-refractivity contribution < 1.29 is 4.74 Å². The summed E-state index contributed by atoms with van der Waals surface area (Å²) in [5.41, 5.74) is 6.68. The van der Waals surface area contributed by atoms with Crippen LogP contribution in [0.3, 0.4) is 0 Å². The van der Waals surface area contributed by atoms with E-state index in [9.17, 15) is 4.79 Å². The van der Waals surface area contributed by atoms with Crippen molar-refractivity contribution in [2.75, 3.05) is 24.2 Å². The van der Waals surface area contributed by atoms with E-state index in [4.69, 9.17) is 10.5 Å². The second-order valence-electron chi connectivity index (χ2n) is 5.40. The molecule has 1 fully saturated rings. The molecule has 0 unspecified atom stereocenters. The lowest BCUT2D eigenvalue weighted by atomic mass is 10.2. The number of fused-ring (bicyclic) bond motifs is 1. The van der Waals surface area contributed by atoms with Crippen LogP contribution in [-0.4, -0.2) is 29.2 Å². The summed E-state index contributed by atoms with van der Waals surface area (Å²) < 4.78 is 5.76. The first kappa shape index (κ1) is 13.9. The summed E-state index contributed by atoms with van der Waals surface area (Å²) in [6, 6.07) is 5.12. The Kier molecular flexibility index (Phi) is 4.06. The van der Waals surface area contributed by atoms with E-state index in [-0.39, 0.29) is 5.56 Å². The van der Waals surface area contributed by atoms with Crippen LogP contribution in [0.5, 0.6) is 0 Å². The SMILES string of the molecule is Nc1ccc2nc(NCCOC3CCCC3)[nH]c(=O)c2c1. The number of ether oxygens (including phenoxy) is 1. The molecule has 1 heterocycles. The Morgan fingerprint density at radius 2 is 2.19 bits per heavy atom. The third-order valence-corrected chi connectivity index (χ3v) is 3.78. The molecule has 112 valence electrons. The maximum Gasteiger partial charge on any atom is 0.260 e. The van der Waals surface area contributed by atoms with E-state index in [0.717, 1.165) is 12.8 Å². The summed E-state index contributed by atoms with van der Waals surface area (Å²) in [6.45, 7) is 1.24. The van der Waals surface area contributed by atoms with Crippen LogP contribution >= 0.6 is 0 Å². The summed E-state index contributed by atoms with van der Waals surface area (Å²) >= 11 is 0. The zero-order chi connectivity index (χ0) is 14.7. The van der Waals surface area contributed by atoms with Gasteiger partial charge < -0.3 is 15.8 Å². The molecule has 6 nitrogen and oxygen atoms in total. The maximum absolute atomic E-state index is 12.0. The van der Waals surface area contributed by atoms with Crippen LogP contribution in [0.25, 0.3) is 10.9 Å². The van der Waals surface area contributed by atoms with E-state index in [2.05, 4.69) is 15.3 Å². The monoisotopic (exact) mass is 288 g/mol. The van der Waals surface area contributed by atoms with Gasteiger partial charge in [0.1, 0.15) is 0 Å². The minimum Gasteiger partial charge on any atom is -0.399 e. The molecule has 0 bridgehead atoms. The van der Waals surface area contributed by atoms with Crippen molar-refractivity contribution >= 4 is 22.5 Å². The summed E-state index contributed by atoms with van der Waals surface area (Å²) in [5, 5.41) is 3.60. The third-order valence-electron chi connectivity index (χ3n) is 3.78. The van der Waals surface area contributed by atoms with Crippen LogP contribution < -0.4 is 16.6 Å². The fourth-order valence-electron chi connectivity index (χ4n) is 2.69. The number of nitrogens with zero attached hydrogens (tertiary/aromatic N) is 1. The molecule has 0 saturated heterocycles. The number of benzene rings is 1. The molecule has 1 aromatic carbocycles. The number of H-pyrrole nitrogens is 1. The zero-order valence-electron chi connectivity index (χ0n) is 11.9. The molecule has 2 aromatic rings. The fourth-order valence-corrected chi connectivity index (χ4v) is 2.69. The number of aromatic amines is 1. The largest absolute Gasteiger partial charge is 0.399 e. The van der Waals surface area contributed by atoms with Gasteiger partial charge in [0.05, 0.1) is 23.6 Å². The number of anilines is 2. The van der Waals surface area contributed by atoms with E-state index in [1.807, 2.05) is 0 Å². The van der Waals surface area contributed by atoms with Crippen LogP contribution in [-0.2, 0) is 4.74 Å². The minimum absolute atomic E-state index is 0.188. The first-order chi connectivity index (χ1) is 10.2. The van der Waals surface area contributed by atoms with Gasteiger partial charge in [-0.2, -0.15) is 0 Å². The van der Waals surface area contributed by atoms with Gasteiger partial charge in [-0.05, 0) is 31.0 Å². The van der Waals surface area contributed by atoms with Gasteiger partial charge in [-0.15, -0.1) is 0 Å². The maximum atomic E-state index is 12.0. The number of rotatable bonds is 5. The number of hydrogen-bond donors (Lipinski definition) is 3. The highest BCUT2D eigenvalue weighted by Gasteiger charge is 2.14. The van der Waals surface area contributed by atoms with Crippen molar-refractivity contribution in [3.8, 4) is 0 Å². The molecule has 1 saturated carbocycles. The van der Waals surface area contributed by atoms with E-state index in [1.54, 1.807) is 18.2 Å². The normalized spacial score (nSPS) is 15.6. The standard InChI is InChI=1S/C15H20N4O2/c16-10-5-6-13-12(9-10)14(20)19-15(18-13)17-7-8-21-11-3-1-2-4-11/h5-6,9,11H,1-4,7-8,16H2,(H2,17,18,19,20). The van der Waals surface area contributed by atoms with Crippen LogP contribution in [0.2, 0.25) is 0 Å². The van der Waals surface area contributed by atoms with Gasteiger partial charge in [0.15, 0.2) is 0 Å². The molecule has 0 aliphatic heterocycles. The predicted octanol–water partition coefficient (Wildman–Crippen LogP) is 1.88. The Morgan fingerprint density at radius 3 is 3.00 bits per heavy atom. The highest BCUT2D eigenvalue weighted by atomic mass is 16.5. The first-order valence-electron chi connectivity index (χ1n) is 7.37. The average Bonchev–Trinajstić information content (AvgIpc) is 2.98. The molecular formula is C15H20N4O2. The highest BCUT2D eigenvalue weighted by molar-refractivity contribution is 5.81. The lowest BCUT2D eigenvalue weighted by Gasteiger charge is -2.11. The molecule has 21 heavy (non-hydrogen) atoms. The predicted molar refractivity (Wildman–Crippen MR) is 83.5 cm³/mol. The molecule has 6 heteroatoms. The Labute approximate surface area is 122 Å². The molecule has 0 spiro atoms. The van der Waals surface area contributed by atoms with Gasteiger partial charge in [-0.1, -0.05) is 12.8 Å². The summed E-state index contributed by atoms with van der Waals surface area (Å²) in [5.74, 6) is 0.465. The van der Waals surface area contributed by atoms with Gasteiger partial charge in [0.2, 0.25) is 5.95 Å². The van der Waals surface area contributed by atoms with Crippen LogP contribution in [0.1, 0.15) is 25.7 Å². The molecule has 1 aromatic heterocycles. The molecule has 0 amide bonds. The van der Waals surface area contributed by atoms with Crippen LogP contribution in [0.15, 0.2) is 23.0 Å². The van der Waals surface area contributed by atoms with Crippen molar-refractivity contribution in [1.82, 2.24) is 9.97 Å². The van der Waals surface area contributed by atoms with Gasteiger partial charge in [0.25, 0.3) is 5.56 Å². The van der Waals surface area contributed by atoms with Crippen LogP contribution in [0, 0.1) is 0 Å². The van der Waals surface area contributed by atoms with E-state index >= 15 is 0 Å². The smallest absolute Gasteiger partial charge is 0.260 e. The van der Waals surface area contributed by atoms with Crippen molar-refractivity contribution in [2.24, 2.45) is 0 Å². The quantitative estimate of drug-likeness (QED) is 0.577. The van der Waals surface area contributed by atoms with E-state index in [0.29, 0.717) is 41.8 Å². The number of nitrogens with one attached hydrogen (secondary N) is 2. The molecule has 3 rings (SSSR count). The second-order valence-corrected chi connectivity index (χ2v) is 5.40. The Bertz CT molecular complexity index is 677. The molecule has 0 radical (unpaired) electrons. The second kappa shape index (κ2) is 6.13. The van der Waals surface area contributed by atoms with Gasteiger partial charge in [-0.25, -0.2) is 4.98 Å². The van der Waals surface area contributed by atoms with Gasteiger partial charge >= 0.3 is 0 Å². The number of aromatic nitrogens is 2. The zero-order valence-corrected chi connectivity index (χ0v) is 11.9. The molecule has 4 N–H and O–H groups in total. The molecule has 1 aliphatic rings. The highest BCUT2D eigenvalue weighted by Crippen LogP contribution is 2.20. The summed E-state index contributed by atoms with van der Waals surface area (Å²) in [4.78, 5) is 19.1. The molecule has 0 atom stereocenters. The van der Waals surface area contributed by atoms with Crippen LogP contribution in [0.4, 0.5) is 11.6 Å². The first-order valence-corrected chi connectivity index (χ1v) is 7.37. The summed E-state index contributed by atoms with van der Waals surface area (Å²) in [7, 11) is 0. The lowest BCUT2D eigenvalue weighted by molar-refractivity contribution is 0.0658. The third kappa shape index (κ3) is 3.33. The molecule has 1 aliphatic carbocycles. The number of hydrogen-bond acceptors (Lipinski definition) is 5. The number of nitrogens with two attached hydrogens (primary N) is 1. The Hall–Kier alpha value is -2.08. The molecular weight excluding hydrogens is 268 g/mol. The minimum atomic E-state index is -0.188. The van der Waals surface area contributed by atoms with Crippen molar-refractivity contribution in [2.45, 2.75) is 31.8 Å². The topological polar surface area (TPSA) is 93.0 Å².